The van der Waals surface area contributed by atoms with Gasteiger partial charge in [0.1, 0.15) is 0 Å². The highest BCUT2D eigenvalue weighted by molar-refractivity contribution is 9.10. The summed E-state index contributed by atoms with van der Waals surface area (Å²) in [5, 5.41) is 5.90. The highest BCUT2D eigenvalue weighted by Gasteiger charge is 2.31. The molecule has 2 atom stereocenters. The fourth-order valence-electron chi connectivity index (χ4n) is 3.35. The van der Waals surface area contributed by atoms with Crippen LogP contribution in [0.1, 0.15) is 37.0 Å². The molecule has 1 N–H and O–H groups in total. The van der Waals surface area contributed by atoms with Crippen LogP contribution in [-0.2, 0) is 6.54 Å². The van der Waals surface area contributed by atoms with Gasteiger partial charge in [-0.2, -0.15) is 0 Å². The lowest BCUT2D eigenvalue weighted by Crippen LogP contribution is -2.49. The molecular weight excluding hydrogens is 308 g/mol. The SMILES string of the molecule is Brc1csc(CN2CCCCC2C2CCCN2)c1. The number of thiophene rings is 1. The van der Waals surface area contributed by atoms with E-state index in [0.29, 0.717) is 0 Å². The van der Waals surface area contributed by atoms with Gasteiger partial charge in [0.25, 0.3) is 0 Å². The molecule has 2 nitrogen and oxygen atoms in total. The van der Waals surface area contributed by atoms with Crippen LogP contribution in [0.5, 0.6) is 0 Å². The highest BCUT2D eigenvalue weighted by Crippen LogP contribution is 2.28. The largest absolute Gasteiger partial charge is 0.312 e. The first-order valence-corrected chi connectivity index (χ1v) is 8.70. The topological polar surface area (TPSA) is 15.3 Å². The van der Waals surface area contributed by atoms with Crippen LogP contribution in [0.25, 0.3) is 0 Å². The van der Waals surface area contributed by atoms with Crippen molar-refractivity contribution in [2.45, 2.75) is 50.7 Å². The van der Waals surface area contributed by atoms with Crippen molar-refractivity contribution in [3.8, 4) is 0 Å². The predicted octanol–water partition coefficient (Wildman–Crippen LogP) is 3.62. The number of hydrogen-bond donors (Lipinski definition) is 1. The predicted molar refractivity (Wildman–Crippen MR) is 81.1 cm³/mol. The lowest BCUT2D eigenvalue weighted by molar-refractivity contribution is 0.113. The summed E-state index contributed by atoms with van der Waals surface area (Å²) in [5.41, 5.74) is 0. The van der Waals surface area contributed by atoms with Crippen molar-refractivity contribution in [1.29, 1.82) is 0 Å². The number of likely N-dealkylation sites (tertiary alicyclic amines) is 1. The van der Waals surface area contributed by atoms with Crippen molar-refractivity contribution >= 4 is 27.3 Å². The van der Waals surface area contributed by atoms with Crippen LogP contribution < -0.4 is 5.32 Å². The molecule has 4 heteroatoms. The summed E-state index contributed by atoms with van der Waals surface area (Å²) in [6.45, 7) is 3.64. The summed E-state index contributed by atoms with van der Waals surface area (Å²) < 4.78 is 1.23. The monoisotopic (exact) mass is 328 g/mol. The molecular formula is C14H21BrN2S. The molecule has 3 heterocycles. The highest BCUT2D eigenvalue weighted by atomic mass is 79.9. The molecule has 0 saturated carbocycles. The second-order valence-corrected chi connectivity index (χ2v) is 7.38. The molecule has 2 aliphatic heterocycles. The number of nitrogens with zero attached hydrogens (tertiary/aromatic N) is 1. The average Bonchev–Trinajstić information content (AvgIpc) is 3.02. The van der Waals surface area contributed by atoms with Gasteiger partial charge in [-0.3, -0.25) is 4.90 Å². The van der Waals surface area contributed by atoms with Gasteiger partial charge in [0.05, 0.1) is 0 Å². The van der Waals surface area contributed by atoms with E-state index >= 15 is 0 Å². The molecule has 3 rings (SSSR count). The van der Waals surface area contributed by atoms with Crippen molar-refractivity contribution < 1.29 is 0 Å². The summed E-state index contributed by atoms with van der Waals surface area (Å²) in [7, 11) is 0. The molecule has 1 aromatic heterocycles. The molecule has 0 aromatic carbocycles. The number of hydrogen-bond acceptors (Lipinski definition) is 3. The van der Waals surface area contributed by atoms with Gasteiger partial charge in [0.15, 0.2) is 0 Å². The van der Waals surface area contributed by atoms with Gasteiger partial charge in [-0.15, -0.1) is 11.3 Å². The Hall–Kier alpha value is 0.1000. The van der Waals surface area contributed by atoms with Crippen LogP contribution in [0.3, 0.4) is 0 Å². The van der Waals surface area contributed by atoms with Crippen LogP contribution in [0.15, 0.2) is 15.9 Å². The Balaban J connectivity index is 1.67. The molecule has 100 valence electrons. The quantitative estimate of drug-likeness (QED) is 0.911. The second-order valence-electron chi connectivity index (χ2n) is 5.47. The first kappa shape index (κ1) is 13.1. The fourth-order valence-corrected chi connectivity index (χ4v) is 4.82. The van der Waals surface area contributed by atoms with Gasteiger partial charge >= 0.3 is 0 Å². The van der Waals surface area contributed by atoms with Gasteiger partial charge in [-0.05, 0) is 60.8 Å². The molecule has 0 amide bonds. The third-order valence-electron chi connectivity index (χ3n) is 4.21. The Labute approximate surface area is 122 Å². The maximum Gasteiger partial charge on any atom is 0.0331 e. The van der Waals surface area contributed by atoms with E-state index in [2.05, 4.69) is 37.6 Å². The third kappa shape index (κ3) is 2.98. The Morgan fingerprint density at radius 1 is 1.33 bits per heavy atom. The summed E-state index contributed by atoms with van der Waals surface area (Å²) in [5.74, 6) is 0. The maximum absolute atomic E-state index is 3.70. The van der Waals surface area contributed by atoms with Crippen molar-refractivity contribution in [3.63, 3.8) is 0 Å². The Morgan fingerprint density at radius 2 is 2.28 bits per heavy atom. The maximum atomic E-state index is 3.70. The van der Waals surface area contributed by atoms with E-state index < -0.39 is 0 Å². The smallest absolute Gasteiger partial charge is 0.0331 e. The number of nitrogens with one attached hydrogen (secondary N) is 1. The van der Waals surface area contributed by atoms with Crippen LogP contribution in [0.2, 0.25) is 0 Å². The lowest BCUT2D eigenvalue weighted by Gasteiger charge is -2.39. The Kier molecular flexibility index (Phi) is 4.39. The van der Waals surface area contributed by atoms with Gasteiger partial charge in [0.2, 0.25) is 0 Å². The van der Waals surface area contributed by atoms with E-state index in [-0.39, 0.29) is 0 Å². The summed E-state index contributed by atoms with van der Waals surface area (Å²) in [6, 6.07) is 3.79. The molecule has 1 aromatic rings. The minimum atomic E-state index is 0.744. The fraction of sp³-hybridized carbons (Fsp3) is 0.714. The van der Waals surface area contributed by atoms with E-state index in [1.165, 1.54) is 54.5 Å². The van der Waals surface area contributed by atoms with Gasteiger partial charge in [0, 0.05) is 33.4 Å². The average molecular weight is 329 g/mol. The molecule has 2 saturated heterocycles. The van der Waals surface area contributed by atoms with Crippen LogP contribution in [0, 0.1) is 0 Å². The molecule has 0 aliphatic carbocycles. The van der Waals surface area contributed by atoms with Gasteiger partial charge in [-0.25, -0.2) is 0 Å². The van der Waals surface area contributed by atoms with Crippen LogP contribution in [-0.4, -0.2) is 30.1 Å². The molecule has 2 unspecified atom stereocenters. The van der Waals surface area contributed by atoms with E-state index in [0.717, 1.165) is 18.6 Å². The number of halogens is 1. The zero-order valence-electron chi connectivity index (χ0n) is 10.7. The Morgan fingerprint density at radius 3 is 3.00 bits per heavy atom. The van der Waals surface area contributed by atoms with E-state index in [1.54, 1.807) is 0 Å². The minimum Gasteiger partial charge on any atom is -0.312 e. The Bertz CT molecular complexity index is 387. The normalized spacial score (nSPS) is 29.8. The van der Waals surface area contributed by atoms with E-state index in [4.69, 9.17) is 0 Å². The molecule has 2 aliphatic rings. The zero-order chi connectivity index (χ0) is 12.4. The molecule has 0 spiro atoms. The standard InChI is InChI=1S/C14H21BrN2S/c15-11-8-12(18-10-11)9-17-7-2-1-5-14(17)13-4-3-6-16-13/h8,10,13-14,16H,1-7,9H2. The van der Waals surface area contributed by atoms with E-state index in [9.17, 15) is 0 Å². The molecule has 2 fully saturated rings. The summed E-state index contributed by atoms with van der Waals surface area (Å²) in [6.07, 6.45) is 6.89. The summed E-state index contributed by atoms with van der Waals surface area (Å²) >= 11 is 5.44. The van der Waals surface area contributed by atoms with Crippen LogP contribution >= 0.6 is 27.3 Å². The van der Waals surface area contributed by atoms with Crippen molar-refractivity contribution in [3.05, 3.63) is 20.8 Å². The first-order valence-electron chi connectivity index (χ1n) is 7.03. The van der Waals surface area contributed by atoms with Crippen LogP contribution in [0.4, 0.5) is 0 Å². The zero-order valence-corrected chi connectivity index (χ0v) is 13.1. The molecule has 0 radical (unpaired) electrons. The first-order chi connectivity index (χ1) is 8.83. The lowest BCUT2D eigenvalue weighted by atomic mass is 9.94. The second kappa shape index (κ2) is 6.04. The third-order valence-corrected chi connectivity index (χ3v) is 5.89. The van der Waals surface area contributed by atoms with E-state index in [1.807, 2.05) is 11.3 Å². The molecule has 0 bridgehead atoms. The van der Waals surface area contributed by atoms with Gasteiger partial charge in [-0.1, -0.05) is 6.42 Å². The minimum absolute atomic E-state index is 0.744. The number of rotatable bonds is 3. The van der Waals surface area contributed by atoms with Crippen molar-refractivity contribution in [1.82, 2.24) is 10.2 Å². The van der Waals surface area contributed by atoms with Gasteiger partial charge < -0.3 is 5.32 Å². The number of piperidine rings is 1. The van der Waals surface area contributed by atoms with Crippen molar-refractivity contribution in [2.24, 2.45) is 0 Å². The summed E-state index contributed by atoms with van der Waals surface area (Å²) in [4.78, 5) is 4.21. The van der Waals surface area contributed by atoms with Crippen molar-refractivity contribution in [2.75, 3.05) is 13.1 Å². The molecule has 18 heavy (non-hydrogen) atoms.